The molecule has 0 spiro atoms. The van der Waals surface area contributed by atoms with Crippen molar-refractivity contribution in [1.82, 2.24) is 10.2 Å². The van der Waals surface area contributed by atoms with Crippen LogP contribution in [0.15, 0.2) is 98.8 Å². The molecule has 4 rings (SSSR count). The Kier molecular flexibility index (Phi) is 5.78. The first kappa shape index (κ1) is 19.4. The molecule has 0 atom stereocenters. The van der Waals surface area contributed by atoms with Crippen LogP contribution in [0.1, 0.15) is 11.5 Å². The molecule has 0 radical (unpaired) electrons. The average Bonchev–Trinajstić information content (AvgIpc) is 3.19. The predicted molar refractivity (Wildman–Crippen MR) is 115 cm³/mol. The van der Waals surface area contributed by atoms with Crippen LogP contribution in [0.5, 0.6) is 0 Å². The number of hydrogen-bond donors (Lipinski definition) is 0. The molecule has 0 fully saturated rings. The van der Waals surface area contributed by atoms with Crippen LogP contribution in [0, 0.1) is 0 Å². The molecule has 146 valence electrons. The minimum Gasteiger partial charge on any atom is -0.416 e. The maximum atomic E-state index is 12.5. The number of rotatable bonds is 7. The Bertz CT molecular complexity index is 1250. The fraction of sp³-hybridized carbons (Fsp3) is 0.0909. The third-order valence-electron chi connectivity index (χ3n) is 4.27. The van der Waals surface area contributed by atoms with E-state index in [2.05, 4.69) is 10.2 Å². The lowest BCUT2D eigenvalue weighted by molar-refractivity contribution is 0.420. The summed E-state index contributed by atoms with van der Waals surface area (Å²) in [6.45, 7) is 0. The minimum atomic E-state index is -3.50. The molecular formula is C22H18N2O3S2. The van der Waals surface area contributed by atoms with Crippen molar-refractivity contribution in [3.63, 3.8) is 0 Å². The number of thioether (sulfide) groups is 1. The van der Waals surface area contributed by atoms with Gasteiger partial charge in [0.15, 0.2) is 9.84 Å². The van der Waals surface area contributed by atoms with Crippen LogP contribution < -0.4 is 0 Å². The molecule has 0 aliphatic carbocycles. The molecule has 0 aliphatic heterocycles. The molecule has 0 N–H and O–H groups in total. The lowest BCUT2D eigenvalue weighted by Gasteiger charge is -2.02. The Labute approximate surface area is 173 Å². The van der Waals surface area contributed by atoms with Crippen molar-refractivity contribution >= 4 is 32.4 Å². The van der Waals surface area contributed by atoms with Gasteiger partial charge >= 0.3 is 0 Å². The van der Waals surface area contributed by atoms with Gasteiger partial charge < -0.3 is 4.42 Å². The van der Waals surface area contributed by atoms with Crippen LogP contribution in [-0.2, 0) is 16.3 Å². The maximum Gasteiger partial charge on any atom is 0.276 e. The van der Waals surface area contributed by atoms with Crippen LogP contribution in [0.3, 0.4) is 0 Å². The van der Waals surface area contributed by atoms with E-state index in [1.54, 1.807) is 18.2 Å². The molecule has 0 unspecified atom stereocenters. The van der Waals surface area contributed by atoms with Gasteiger partial charge in [-0.15, -0.1) is 10.2 Å². The summed E-state index contributed by atoms with van der Waals surface area (Å²) in [5, 5.41) is 11.6. The number of aromatic nitrogens is 2. The van der Waals surface area contributed by atoms with Gasteiger partial charge in [0, 0.05) is 11.2 Å². The fourth-order valence-electron chi connectivity index (χ4n) is 2.85. The van der Waals surface area contributed by atoms with Crippen LogP contribution in [-0.4, -0.2) is 24.4 Å². The fourth-order valence-corrected chi connectivity index (χ4v) is 4.61. The minimum absolute atomic E-state index is 0.278. The van der Waals surface area contributed by atoms with E-state index in [-0.39, 0.29) is 4.90 Å². The van der Waals surface area contributed by atoms with Crippen molar-refractivity contribution in [2.75, 3.05) is 5.75 Å². The summed E-state index contributed by atoms with van der Waals surface area (Å²) >= 11 is 1.30. The molecule has 0 bridgehead atoms. The van der Waals surface area contributed by atoms with Crippen molar-refractivity contribution in [3.05, 3.63) is 95.7 Å². The smallest absolute Gasteiger partial charge is 0.276 e. The number of sulfone groups is 1. The molecule has 0 aliphatic rings. The number of nitrogens with zero attached hydrogens (tertiary/aromatic N) is 2. The molecule has 0 saturated carbocycles. The summed E-state index contributed by atoms with van der Waals surface area (Å²) in [5.74, 6) is 0.950. The molecule has 1 heterocycles. The van der Waals surface area contributed by atoms with Gasteiger partial charge in [0.25, 0.3) is 5.22 Å². The third-order valence-corrected chi connectivity index (χ3v) is 6.51. The van der Waals surface area contributed by atoms with Crippen molar-refractivity contribution in [1.29, 1.82) is 0 Å². The Balaban J connectivity index is 1.37. The molecule has 3 aromatic carbocycles. The highest BCUT2D eigenvalue weighted by Crippen LogP contribution is 2.22. The predicted octanol–water partition coefficient (Wildman–Crippen LogP) is 4.89. The standard InChI is InChI=1S/C22H18N2O3S2/c25-29(26,20-12-11-18-9-4-5-10-19(18)16-20)14-6-13-28-22-24-23-21(27-22)15-17-7-2-1-3-8-17/h1-12,14,16H,13,15H2. The SMILES string of the molecule is O=S(=O)(C=CCSc1nnc(Cc2ccccc2)o1)c1ccc2ccccc2c1. The second-order valence-corrected chi connectivity index (χ2v) is 9.17. The summed E-state index contributed by atoms with van der Waals surface area (Å²) in [5.41, 5.74) is 1.09. The van der Waals surface area contributed by atoms with Gasteiger partial charge in [-0.1, -0.05) is 78.5 Å². The highest BCUT2D eigenvalue weighted by Gasteiger charge is 2.11. The van der Waals surface area contributed by atoms with Gasteiger partial charge in [-0.3, -0.25) is 0 Å². The van der Waals surface area contributed by atoms with E-state index in [0.717, 1.165) is 16.3 Å². The van der Waals surface area contributed by atoms with Gasteiger partial charge in [-0.25, -0.2) is 8.42 Å². The first-order chi connectivity index (χ1) is 14.1. The van der Waals surface area contributed by atoms with E-state index >= 15 is 0 Å². The van der Waals surface area contributed by atoms with Gasteiger partial charge in [0.1, 0.15) is 0 Å². The van der Waals surface area contributed by atoms with Crippen molar-refractivity contribution in [2.24, 2.45) is 0 Å². The second-order valence-electron chi connectivity index (χ2n) is 6.36. The van der Waals surface area contributed by atoms with Crippen molar-refractivity contribution in [3.8, 4) is 0 Å². The van der Waals surface area contributed by atoms with Gasteiger partial charge in [-0.2, -0.15) is 0 Å². The van der Waals surface area contributed by atoms with E-state index in [0.29, 0.717) is 23.3 Å². The molecule has 1 aromatic heterocycles. The average molecular weight is 423 g/mol. The second kappa shape index (κ2) is 8.63. The Hall–Kier alpha value is -2.90. The zero-order valence-corrected chi connectivity index (χ0v) is 17.1. The number of fused-ring (bicyclic) bond motifs is 1. The summed E-state index contributed by atoms with van der Waals surface area (Å²) in [6.07, 6.45) is 2.16. The Morgan fingerprint density at radius 1 is 0.897 bits per heavy atom. The van der Waals surface area contributed by atoms with Gasteiger partial charge in [-0.05, 0) is 28.5 Å². The topological polar surface area (TPSA) is 73.1 Å². The third kappa shape index (κ3) is 4.93. The lowest BCUT2D eigenvalue weighted by atomic mass is 10.1. The first-order valence-corrected chi connectivity index (χ1v) is 11.5. The zero-order chi connectivity index (χ0) is 20.1. The van der Waals surface area contributed by atoms with Gasteiger partial charge in [0.05, 0.1) is 11.3 Å². The van der Waals surface area contributed by atoms with E-state index in [1.807, 2.05) is 60.7 Å². The summed E-state index contributed by atoms with van der Waals surface area (Å²) in [7, 11) is -3.50. The first-order valence-electron chi connectivity index (χ1n) is 9.00. The Morgan fingerprint density at radius 3 is 2.48 bits per heavy atom. The molecular weight excluding hydrogens is 404 g/mol. The molecule has 0 amide bonds. The van der Waals surface area contributed by atoms with Crippen molar-refractivity contribution < 1.29 is 12.8 Å². The van der Waals surface area contributed by atoms with Crippen LogP contribution >= 0.6 is 11.8 Å². The van der Waals surface area contributed by atoms with Gasteiger partial charge in [0.2, 0.25) is 5.89 Å². The molecule has 4 aromatic rings. The highest BCUT2D eigenvalue weighted by molar-refractivity contribution is 7.99. The zero-order valence-electron chi connectivity index (χ0n) is 15.4. The molecule has 7 heteroatoms. The van der Waals surface area contributed by atoms with Crippen LogP contribution in [0.25, 0.3) is 10.8 Å². The summed E-state index contributed by atoms with van der Waals surface area (Å²) in [4.78, 5) is 0.278. The summed E-state index contributed by atoms with van der Waals surface area (Å²) < 4.78 is 30.7. The molecule has 0 saturated heterocycles. The number of benzene rings is 3. The van der Waals surface area contributed by atoms with E-state index in [4.69, 9.17) is 4.42 Å². The normalized spacial score (nSPS) is 12.0. The summed E-state index contributed by atoms with van der Waals surface area (Å²) in [6, 6.07) is 22.7. The molecule has 29 heavy (non-hydrogen) atoms. The number of hydrogen-bond acceptors (Lipinski definition) is 6. The monoisotopic (exact) mass is 422 g/mol. The lowest BCUT2D eigenvalue weighted by Crippen LogP contribution is -1.96. The van der Waals surface area contributed by atoms with Crippen LogP contribution in [0.4, 0.5) is 0 Å². The Morgan fingerprint density at radius 2 is 1.66 bits per heavy atom. The highest BCUT2D eigenvalue weighted by atomic mass is 32.2. The quantitative estimate of drug-likeness (QED) is 0.395. The van der Waals surface area contributed by atoms with E-state index in [9.17, 15) is 8.42 Å². The molecule has 5 nitrogen and oxygen atoms in total. The maximum absolute atomic E-state index is 12.5. The van der Waals surface area contributed by atoms with E-state index in [1.165, 1.54) is 17.2 Å². The van der Waals surface area contributed by atoms with Crippen molar-refractivity contribution in [2.45, 2.75) is 16.5 Å². The van der Waals surface area contributed by atoms with Crippen LogP contribution in [0.2, 0.25) is 0 Å². The van der Waals surface area contributed by atoms with E-state index < -0.39 is 9.84 Å². The largest absolute Gasteiger partial charge is 0.416 e.